The molecule has 0 radical (unpaired) electrons. The van der Waals surface area contributed by atoms with Crippen molar-refractivity contribution in [3.8, 4) is 0 Å². The van der Waals surface area contributed by atoms with Crippen molar-refractivity contribution in [2.75, 3.05) is 11.9 Å². The number of hydrogen-bond acceptors (Lipinski definition) is 5. The van der Waals surface area contributed by atoms with Gasteiger partial charge in [-0.15, -0.1) is 0 Å². The van der Waals surface area contributed by atoms with E-state index in [1.165, 1.54) is 0 Å². The van der Waals surface area contributed by atoms with Crippen LogP contribution in [-0.4, -0.2) is 27.4 Å². The van der Waals surface area contributed by atoms with Crippen LogP contribution < -0.4 is 10.6 Å². The molecule has 6 nitrogen and oxygen atoms in total. The third-order valence-corrected chi connectivity index (χ3v) is 2.80. The second-order valence-electron chi connectivity index (χ2n) is 4.69. The number of hydrogen-bond donors (Lipinski definition) is 2. The summed E-state index contributed by atoms with van der Waals surface area (Å²) in [5.41, 5.74) is 2.07. The van der Waals surface area contributed by atoms with Gasteiger partial charge < -0.3 is 10.6 Å². The molecule has 21 heavy (non-hydrogen) atoms. The van der Waals surface area contributed by atoms with E-state index >= 15 is 0 Å². The van der Waals surface area contributed by atoms with E-state index in [0.717, 1.165) is 24.2 Å². The summed E-state index contributed by atoms with van der Waals surface area (Å²) in [5.74, 6) is 0.271. The Morgan fingerprint density at radius 2 is 2.19 bits per heavy atom. The zero-order valence-corrected chi connectivity index (χ0v) is 12.3. The Labute approximate surface area is 124 Å². The van der Waals surface area contributed by atoms with Crippen LogP contribution in [0.3, 0.4) is 0 Å². The van der Waals surface area contributed by atoms with Gasteiger partial charge in [-0.1, -0.05) is 13.0 Å². The Morgan fingerprint density at radius 1 is 1.33 bits per heavy atom. The maximum atomic E-state index is 12.1. The molecule has 0 spiro atoms. The van der Waals surface area contributed by atoms with Gasteiger partial charge in [0.1, 0.15) is 5.69 Å². The highest BCUT2D eigenvalue weighted by atomic mass is 16.1. The van der Waals surface area contributed by atoms with Crippen LogP contribution >= 0.6 is 0 Å². The molecule has 0 aliphatic rings. The number of carbonyl (C=O) groups is 1. The highest BCUT2D eigenvalue weighted by molar-refractivity contribution is 5.92. The summed E-state index contributed by atoms with van der Waals surface area (Å²) >= 11 is 0. The molecule has 0 bridgehead atoms. The maximum Gasteiger partial charge on any atom is 0.270 e. The van der Waals surface area contributed by atoms with Crippen molar-refractivity contribution in [3.63, 3.8) is 0 Å². The number of aryl methyl sites for hydroxylation is 1. The molecule has 2 aromatic heterocycles. The zero-order chi connectivity index (χ0) is 15.1. The van der Waals surface area contributed by atoms with Crippen molar-refractivity contribution in [2.45, 2.75) is 26.8 Å². The molecule has 110 valence electrons. The van der Waals surface area contributed by atoms with E-state index < -0.39 is 0 Å². The Morgan fingerprint density at radius 3 is 2.90 bits per heavy atom. The van der Waals surface area contributed by atoms with E-state index in [2.05, 4.69) is 32.5 Å². The van der Waals surface area contributed by atoms with E-state index in [9.17, 15) is 4.79 Å². The van der Waals surface area contributed by atoms with Crippen LogP contribution in [0.2, 0.25) is 0 Å². The number of rotatable bonds is 6. The highest BCUT2D eigenvalue weighted by Crippen LogP contribution is 2.05. The van der Waals surface area contributed by atoms with Crippen LogP contribution in [0.5, 0.6) is 0 Å². The number of amides is 1. The molecule has 2 aromatic rings. The lowest BCUT2D eigenvalue weighted by molar-refractivity contribution is 0.0945. The minimum atomic E-state index is -0.219. The molecule has 2 rings (SSSR count). The molecule has 0 saturated heterocycles. The molecule has 0 unspecified atom stereocenters. The zero-order valence-electron chi connectivity index (χ0n) is 12.3. The summed E-state index contributed by atoms with van der Waals surface area (Å²) in [6, 6.07) is 5.42. The lowest BCUT2D eigenvalue weighted by atomic mass is 10.2. The third kappa shape index (κ3) is 4.52. The SMILES string of the molecule is CCCNc1nc(C)cc(C(=O)NCc2cccnc2)n1. The van der Waals surface area contributed by atoms with E-state index in [1.54, 1.807) is 18.5 Å². The van der Waals surface area contributed by atoms with Crippen LogP contribution in [0.4, 0.5) is 5.95 Å². The molecule has 0 aliphatic heterocycles. The molecular formula is C15H19N5O. The Kier molecular flexibility index (Phi) is 5.20. The molecular weight excluding hydrogens is 266 g/mol. The molecule has 6 heteroatoms. The van der Waals surface area contributed by atoms with Crippen LogP contribution in [0.15, 0.2) is 30.6 Å². The normalized spacial score (nSPS) is 10.2. The standard InChI is InChI=1S/C15H19N5O/c1-3-6-17-15-19-11(2)8-13(20-15)14(21)18-10-12-5-4-7-16-9-12/h4-5,7-9H,3,6,10H2,1-2H3,(H,18,21)(H,17,19,20). The number of nitrogens with zero attached hydrogens (tertiary/aromatic N) is 3. The van der Waals surface area contributed by atoms with E-state index in [-0.39, 0.29) is 5.91 Å². The average Bonchev–Trinajstić information content (AvgIpc) is 2.51. The molecule has 0 fully saturated rings. The fraction of sp³-hybridized carbons (Fsp3) is 0.333. The first-order valence-electron chi connectivity index (χ1n) is 6.95. The second kappa shape index (κ2) is 7.33. The van der Waals surface area contributed by atoms with Gasteiger partial charge in [-0.2, -0.15) is 0 Å². The minimum absolute atomic E-state index is 0.219. The van der Waals surface area contributed by atoms with E-state index in [0.29, 0.717) is 18.2 Å². The van der Waals surface area contributed by atoms with Gasteiger partial charge in [-0.25, -0.2) is 9.97 Å². The Balaban J connectivity index is 2.03. The lowest BCUT2D eigenvalue weighted by Gasteiger charge is -2.08. The quantitative estimate of drug-likeness (QED) is 0.847. The van der Waals surface area contributed by atoms with Crippen molar-refractivity contribution >= 4 is 11.9 Å². The Hall–Kier alpha value is -2.50. The fourth-order valence-electron chi connectivity index (χ4n) is 1.78. The maximum absolute atomic E-state index is 12.1. The van der Waals surface area contributed by atoms with Crippen LogP contribution in [-0.2, 0) is 6.54 Å². The number of carbonyl (C=O) groups excluding carboxylic acids is 1. The summed E-state index contributed by atoms with van der Waals surface area (Å²) in [7, 11) is 0. The van der Waals surface area contributed by atoms with Crippen LogP contribution in [0.25, 0.3) is 0 Å². The summed E-state index contributed by atoms with van der Waals surface area (Å²) in [4.78, 5) is 24.7. The van der Waals surface area contributed by atoms with Crippen molar-refractivity contribution in [1.29, 1.82) is 0 Å². The number of pyridine rings is 1. The van der Waals surface area contributed by atoms with Gasteiger partial charge in [0.2, 0.25) is 5.95 Å². The second-order valence-corrected chi connectivity index (χ2v) is 4.69. The highest BCUT2D eigenvalue weighted by Gasteiger charge is 2.10. The smallest absolute Gasteiger partial charge is 0.270 e. The minimum Gasteiger partial charge on any atom is -0.354 e. The van der Waals surface area contributed by atoms with Crippen molar-refractivity contribution < 1.29 is 4.79 Å². The van der Waals surface area contributed by atoms with Gasteiger partial charge in [0.25, 0.3) is 5.91 Å². The Bertz CT molecular complexity index is 600. The first-order chi connectivity index (χ1) is 10.2. The summed E-state index contributed by atoms with van der Waals surface area (Å²) in [5, 5.41) is 5.92. The van der Waals surface area contributed by atoms with Gasteiger partial charge >= 0.3 is 0 Å². The van der Waals surface area contributed by atoms with Crippen molar-refractivity contribution in [2.24, 2.45) is 0 Å². The molecule has 2 N–H and O–H groups in total. The predicted octanol–water partition coefficient (Wildman–Crippen LogP) is 1.93. The predicted molar refractivity (Wildman–Crippen MR) is 81.0 cm³/mol. The van der Waals surface area contributed by atoms with E-state index in [1.807, 2.05) is 19.1 Å². The lowest BCUT2D eigenvalue weighted by Crippen LogP contribution is -2.24. The van der Waals surface area contributed by atoms with Crippen LogP contribution in [0.1, 0.15) is 35.1 Å². The summed E-state index contributed by atoms with van der Waals surface area (Å²) in [6.45, 7) is 5.11. The van der Waals surface area contributed by atoms with Gasteiger partial charge in [0.15, 0.2) is 0 Å². The average molecular weight is 285 g/mol. The molecule has 0 aromatic carbocycles. The first kappa shape index (κ1) is 14.9. The fourth-order valence-corrected chi connectivity index (χ4v) is 1.78. The van der Waals surface area contributed by atoms with Crippen LogP contribution in [0, 0.1) is 6.92 Å². The molecule has 1 amide bonds. The topological polar surface area (TPSA) is 79.8 Å². The van der Waals surface area contributed by atoms with Gasteiger partial charge in [0.05, 0.1) is 0 Å². The number of anilines is 1. The summed E-state index contributed by atoms with van der Waals surface area (Å²) in [6.07, 6.45) is 4.39. The molecule has 0 aliphatic carbocycles. The van der Waals surface area contributed by atoms with Crippen molar-refractivity contribution in [3.05, 3.63) is 47.5 Å². The van der Waals surface area contributed by atoms with Gasteiger partial charge in [-0.05, 0) is 31.0 Å². The number of aromatic nitrogens is 3. The van der Waals surface area contributed by atoms with E-state index in [4.69, 9.17) is 0 Å². The molecule has 0 saturated carbocycles. The number of nitrogens with one attached hydrogen (secondary N) is 2. The summed E-state index contributed by atoms with van der Waals surface area (Å²) < 4.78 is 0. The molecule has 0 atom stereocenters. The third-order valence-electron chi connectivity index (χ3n) is 2.80. The largest absolute Gasteiger partial charge is 0.354 e. The van der Waals surface area contributed by atoms with Gasteiger partial charge in [0, 0.05) is 31.2 Å². The van der Waals surface area contributed by atoms with Gasteiger partial charge in [-0.3, -0.25) is 9.78 Å². The van der Waals surface area contributed by atoms with Crippen molar-refractivity contribution in [1.82, 2.24) is 20.3 Å². The first-order valence-corrected chi connectivity index (χ1v) is 6.95. The monoisotopic (exact) mass is 285 g/mol. The molecule has 2 heterocycles.